The van der Waals surface area contributed by atoms with E-state index in [9.17, 15) is 9.59 Å². The number of nitrogens with one attached hydrogen (secondary N) is 1. The van der Waals surface area contributed by atoms with Gasteiger partial charge >= 0.3 is 0 Å². The van der Waals surface area contributed by atoms with Crippen LogP contribution in [-0.2, 0) is 13.1 Å². The first-order valence-corrected chi connectivity index (χ1v) is 9.02. The van der Waals surface area contributed by atoms with E-state index in [0.717, 1.165) is 16.6 Å². The van der Waals surface area contributed by atoms with E-state index in [1.54, 1.807) is 24.4 Å². The molecule has 4 nitrogen and oxygen atoms in total. The molecule has 0 bridgehead atoms. The Morgan fingerprint density at radius 1 is 1.15 bits per heavy atom. The predicted octanol–water partition coefficient (Wildman–Crippen LogP) is 4.57. The molecule has 1 amide bonds. The van der Waals surface area contributed by atoms with Crippen molar-refractivity contribution < 1.29 is 4.79 Å². The quantitative estimate of drug-likeness (QED) is 0.711. The molecular formula is C20H18Cl2N2O2. The van der Waals surface area contributed by atoms with Crippen molar-refractivity contribution in [1.29, 1.82) is 0 Å². The molecule has 0 aliphatic heterocycles. The maximum absolute atomic E-state index is 12.8. The summed E-state index contributed by atoms with van der Waals surface area (Å²) in [6, 6.07) is 10.8. The molecule has 1 heterocycles. The van der Waals surface area contributed by atoms with Gasteiger partial charge in [0.15, 0.2) is 0 Å². The van der Waals surface area contributed by atoms with Crippen LogP contribution in [0.1, 0.15) is 28.4 Å². The minimum absolute atomic E-state index is 0.120. The molecule has 2 aromatic carbocycles. The van der Waals surface area contributed by atoms with E-state index in [4.69, 9.17) is 23.2 Å². The molecular weight excluding hydrogens is 371 g/mol. The van der Waals surface area contributed by atoms with E-state index in [1.165, 1.54) is 0 Å². The van der Waals surface area contributed by atoms with E-state index in [2.05, 4.69) is 5.32 Å². The number of rotatable bonds is 4. The molecule has 0 saturated carbocycles. The maximum Gasteiger partial charge on any atom is 0.257 e. The smallest absolute Gasteiger partial charge is 0.257 e. The van der Waals surface area contributed by atoms with Crippen molar-refractivity contribution in [1.82, 2.24) is 9.88 Å². The zero-order chi connectivity index (χ0) is 18.8. The first-order chi connectivity index (χ1) is 12.4. The van der Waals surface area contributed by atoms with Crippen molar-refractivity contribution in [2.45, 2.75) is 26.9 Å². The molecule has 3 rings (SSSR count). The molecule has 0 spiro atoms. The summed E-state index contributed by atoms with van der Waals surface area (Å²) >= 11 is 12.0. The number of carbonyl (C=O) groups is 1. The number of carbonyl (C=O) groups excluding carboxylic acids is 1. The predicted molar refractivity (Wildman–Crippen MR) is 106 cm³/mol. The van der Waals surface area contributed by atoms with Gasteiger partial charge in [-0.1, -0.05) is 40.9 Å². The molecule has 0 radical (unpaired) electrons. The fourth-order valence-electron chi connectivity index (χ4n) is 2.87. The minimum Gasteiger partial charge on any atom is -0.348 e. The number of aryl methyl sites for hydroxylation is 2. The van der Waals surface area contributed by atoms with Crippen LogP contribution < -0.4 is 10.7 Å². The van der Waals surface area contributed by atoms with Crippen molar-refractivity contribution in [3.63, 3.8) is 0 Å². The lowest BCUT2D eigenvalue weighted by Gasteiger charge is -2.12. The van der Waals surface area contributed by atoms with Gasteiger partial charge < -0.3 is 9.88 Å². The Morgan fingerprint density at radius 2 is 1.92 bits per heavy atom. The Kier molecular flexibility index (Phi) is 5.35. The van der Waals surface area contributed by atoms with E-state index >= 15 is 0 Å². The van der Waals surface area contributed by atoms with Crippen molar-refractivity contribution >= 4 is 40.0 Å². The zero-order valence-corrected chi connectivity index (χ0v) is 16.0. The van der Waals surface area contributed by atoms with Crippen molar-refractivity contribution in [3.8, 4) is 0 Å². The SMILES string of the molecule is CCn1cc(C(=O)NCc2ccc(Cl)cc2Cl)c(=O)c2cc(C)ccc21. The fourth-order valence-corrected chi connectivity index (χ4v) is 3.35. The number of halogens is 2. The highest BCUT2D eigenvalue weighted by Gasteiger charge is 2.15. The van der Waals surface area contributed by atoms with Gasteiger partial charge in [-0.05, 0) is 43.7 Å². The summed E-state index contributed by atoms with van der Waals surface area (Å²) < 4.78 is 1.90. The van der Waals surface area contributed by atoms with Gasteiger partial charge in [-0.2, -0.15) is 0 Å². The minimum atomic E-state index is -0.424. The number of hydrogen-bond acceptors (Lipinski definition) is 2. The van der Waals surface area contributed by atoms with E-state index in [1.807, 2.05) is 36.6 Å². The molecule has 0 fully saturated rings. The number of aromatic nitrogens is 1. The van der Waals surface area contributed by atoms with Crippen LogP contribution in [0, 0.1) is 6.92 Å². The Labute approximate surface area is 161 Å². The molecule has 0 unspecified atom stereocenters. The van der Waals surface area contributed by atoms with Gasteiger partial charge in [0.05, 0.1) is 5.52 Å². The second-order valence-electron chi connectivity index (χ2n) is 6.10. The molecule has 26 heavy (non-hydrogen) atoms. The second kappa shape index (κ2) is 7.52. The van der Waals surface area contributed by atoms with Gasteiger partial charge in [-0.15, -0.1) is 0 Å². The lowest BCUT2D eigenvalue weighted by molar-refractivity contribution is 0.0949. The monoisotopic (exact) mass is 388 g/mol. The van der Waals surface area contributed by atoms with Crippen LogP contribution in [0.25, 0.3) is 10.9 Å². The normalized spacial score (nSPS) is 10.9. The van der Waals surface area contributed by atoms with E-state index < -0.39 is 5.91 Å². The molecule has 6 heteroatoms. The second-order valence-corrected chi connectivity index (χ2v) is 6.94. The zero-order valence-electron chi connectivity index (χ0n) is 14.5. The van der Waals surface area contributed by atoms with Gasteiger partial charge in [-0.25, -0.2) is 0 Å². The lowest BCUT2D eigenvalue weighted by Crippen LogP contribution is -2.29. The van der Waals surface area contributed by atoms with E-state index in [-0.39, 0.29) is 17.5 Å². The Morgan fingerprint density at radius 3 is 2.62 bits per heavy atom. The number of nitrogens with zero attached hydrogens (tertiary/aromatic N) is 1. The highest BCUT2D eigenvalue weighted by Crippen LogP contribution is 2.21. The van der Waals surface area contributed by atoms with Gasteiger partial charge in [0.2, 0.25) is 5.43 Å². The summed E-state index contributed by atoms with van der Waals surface area (Å²) in [6.45, 7) is 4.76. The maximum atomic E-state index is 12.8. The number of pyridine rings is 1. The molecule has 134 valence electrons. The molecule has 3 aromatic rings. The number of amides is 1. The van der Waals surface area contributed by atoms with Crippen LogP contribution in [-0.4, -0.2) is 10.5 Å². The number of fused-ring (bicyclic) bond motifs is 1. The largest absolute Gasteiger partial charge is 0.348 e. The lowest BCUT2D eigenvalue weighted by atomic mass is 10.1. The molecule has 0 atom stereocenters. The highest BCUT2D eigenvalue weighted by atomic mass is 35.5. The first kappa shape index (κ1) is 18.5. The summed E-state index contributed by atoms with van der Waals surface area (Å²) in [6.07, 6.45) is 1.61. The fraction of sp³-hybridized carbons (Fsp3) is 0.200. The van der Waals surface area contributed by atoms with Crippen LogP contribution in [0.4, 0.5) is 0 Å². The van der Waals surface area contributed by atoms with Crippen LogP contribution >= 0.6 is 23.2 Å². The number of benzene rings is 2. The topological polar surface area (TPSA) is 51.1 Å². The van der Waals surface area contributed by atoms with Crippen LogP contribution in [0.5, 0.6) is 0 Å². The molecule has 0 saturated heterocycles. The molecule has 0 aliphatic rings. The third-order valence-corrected chi connectivity index (χ3v) is 4.86. The third-order valence-electron chi connectivity index (χ3n) is 4.28. The molecule has 0 aliphatic carbocycles. The Balaban J connectivity index is 1.95. The van der Waals surface area contributed by atoms with Crippen molar-refractivity contribution in [2.75, 3.05) is 0 Å². The van der Waals surface area contributed by atoms with Gasteiger partial charge in [0.25, 0.3) is 5.91 Å². The van der Waals surface area contributed by atoms with E-state index in [0.29, 0.717) is 22.0 Å². The van der Waals surface area contributed by atoms with Gasteiger partial charge in [-0.3, -0.25) is 9.59 Å². The van der Waals surface area contributed by atoms with Crippen molar-refractivity contribution in [3.05, 3.63) is 79.6 Å². The Bertz CT molecular complexity index is 1060. The summed E-state index contributed by atoms with van der Waals surface area (Å²) in [4.78, 5) is 25.4. The third kappa shape index (κ3) is 3.62. The van der Waals surface area contributed by atoms with Crippen LogP contribution in [0.2, 0.25) is 10.0 Å². The van der Waals surface area contributed by atoms with Crippen LogP contribution in [0.15, 0.2) is 47.4 Å². The average Bonchev–Trinajstić information content (AvgIpc) is 2.61. The Hall–Kier alpha value is -2.30. The average molecular weight is 389 g/mol. The number of hydrogen-bond donors (Lipinski definition) is 1. The van der Waals surface area contributed by atoms with Gasteiger partial charge in [0.1, 0.15) is 5.56 Å². The molecule has 1 N–H and O–H groups in total. The first-order valence-electron chi connectivity index (χ1n) is 8.26. The summed E-state index contributed by atoms with van der Waals surface area (Å²) in [5.41, 5.74) is 2.38. The van der Waals surface area contributed by atoms with Gasteiger partial charge in [0, 0.05) is 34.7 Å². The highest BCUT2D eigenvalue weighted by molar-refractivity contribution is 6.35. The van der Waals surface area contributed by atoms with Crippen molar-refractivity contribution in [2.24, 2.45) is 0 Å². The summed E-state index contributed by atoms with van der Waals surface area (Å²) in [7, 11) is 0. The molecule has 1 aromatic heterocycles. The van der Waals surface area contributed by atoms with Crippen LogP contribution in [0.3, 0.4) is 0 Å². The summed E-state index contributed by atoms with van der Waals surface area (Å²) in [5, 5.41) is 4.31. The summed E-state index contributed by atoms with van der Waals surface area (Å²) in [5.74, 6) is -0.424. The standard InChI is InChI=1S/C20H18Cl2N2O2/c1-3-24-11-16(19(25)15-8-12(2)4-7-18(15)24)20(26)23-10-13-5-6-14(21)9-17(13)22/h4-9,11H,3,10H2,1-2H3,(H,23,26).